The monoisotopic (exact) mass is 456 g/mol. The van der Waals surface area contributed by atoms with Gasteiger partial charge in [0, 0.05) is 45.5 Å². The van der Waals surface area contributed by atoms with Gasteiger partial charge in [0.25, 0.3) is 0 Å². The van der Waals surface area contributed by atoms with E-state index in [2.05, 4.69) is 41.5 Å². The van der Waals surface area contributed by atoms with Crippen molar-refractivity contribution >= 4 is 23.8 Å². The molecule has 1 aromatic rings. The van der Waals surface area contributed by atoms with Crippen molar-refractivity contribution in [1.82, 2.24) is 0 Å². The fourth-order valence-electron chi connectivity index (χ4n) is 3.27. The van der Waals surface area contributed by atoms with E-state index >= 15 is 0 Å². The van der Waals surface area contributed by atoms with E-state index in [4.69, 9.17) is 14.2 Å². The van der Waals surface area contributed by atoms with E-state index < -0.39 is 0 Å². The molecule has 0 unspecified atom stereocenters. The number of benzene rings is 1. The molecule has 0 amide bonds. The van der Waals surface area contributed by atoms with Crippen molar-refractivity contribution in [3.05, 3.63) is 36.4 Å². The van der Waals surface area contributed by atoms with E-state index in [9.17, 15) is 0 Å². The average molecular weight is 457 g/mol. The smallest absolute Gasteiger partial charge is 0.146 e. The maximum atomic E-state index is 6.24. The molecule has 1 fully saturated rings. The molecule has 0 radical (unpaired) electrons. The molecule has 182 valence electrons. The molecule has 7 heteroatoms. The normalized spacial score (nSPS) is 14.8. The Bertz CT molecular complexity index is 814. The van der Waals surface area contributed by atoms with Gasteiger partial charge >= 0.3 is 0 Å². The standard InChI is InChI=1S/C26H40N4O3/c1-6-9-15-32-25-20-24(30-13-17-31-18-14-30)26(33-16-10-7-2)19-23(25)29(5)28-21-22(8-3)11-12-27-4/h8,11-12,19-21H,3,6-7,9-10,13-18H2,1-2,4-5H3/b22-11+,27-12?,28-21+. The number of allylic oxidation sites excluding steroid dienone is 3. The lowest BCUT2D eigenvalue weighted by Crippen LogP contribution is -2.36. The van der Waals surface area contributed by atoms with Crippen molar-refractivity contribution in [3.8, 4) is 11.5 Å². The Morgan fingerprint density at radius 3 is 2.39 bits per heavy atom. The maximum absolute atomic E-state index is 6.24. The summed E-state index contributed by atoms with van der Waals surface area (Å²) in [5, 5.41) is 6.44. The van der Waals surface area contributed by atoms with E-state index in [0.717, 1.165) is 67.2 Å². The first-order chi connectivity index (χ1) is 16.1. The van der Waals surface area contributed by atoms with Crippen LogP contribution in [0, 0.1) is 0 Å². The van der Waals surface area contributed by atoms with Gasteiger partial charge in [0.1, 0.15) is 17.2 Å². The minimum atomic E-state index is 0.657. The first kappa shape index (κ1) is 26.5. The Kier molecular flexibility index (Phi) is 12.1. The lowest BCUT2D eigenvalue weighted by molar-refractivity contribution is 0.122. The van der Waals surface area contributed by atoms with Crippen LogP contribution in [0.1, 0.15) is 39.5 Å². The van der Waals surface area contributed by atoms with E-state index in [1.807, 2.05) is 24.2 Å². The van der Waals surface area contributed by atoms with Crippen LogP contribution >= 0.6 is 0 Å². The summed E-state index contributed by atoms with van der Waals surface area (Å²) in [4.78, 5) is 6.30. The Labute approximate surface area is 199 Å². The number of unbranched alkanes of at least 4 members (excludes halogenated alkanes) is 2. The quantitative estimate of drug-likeness (QED) is 0.168. The van der Waals surface area contributed by atoms with Crippen molar-refractivity contribution in [3.63, 3.8) is 0 Å². The number of anilines is 2. The fourth-order valence-corrected chi connectivity index (χ4v) is 3.27. The minimum Gasteiger partial charge on any atom is -0.491 e. The van der Waals surface area contributed by atoms with Crippen LogP contribution in [-0.2, 0) is 4.74 Å². The van der Waals surface area contributed by atoms with Crippen molar-refractivity contribution in [2.24, 2.45) is 10.1 Å². The largest absolute Gasteiger partial charge is 0.491 e. The van der Waals surface area contributed by atoms with Crippen LogP contribution in [0.25, 0.3) is 0 Å². The van der Waals surface area contributed by atoms with Crippen LogP contribution in [-0.4, -0.2) is 66.0 Å². The predicted octanol–water partition coefficient (Wildman–Crippen LogP) is 5.12. The Morgan fingerprint density at radius 1 is 1.12 bits per heavy atom. The van der Waals surface area contributed by atoms with E-state index in [1.165, 1.54) is 0 Å². The summed E-state index contributed by atoms with van der Waals surface area (Å²) >= 11 is 0. The van der Waals surface area contributed by atoms with Gasteiger partial charge in [-0.15, -0.1) is 0 Å². The number of hydrazone groups is 1. The van der Waals surface area contributed by atoms with Crippen molar-refractivity contribution < 1.29 is 14.2 Å². The fraction of sp³-hybridized carbons (Fsp3) is 0.538. The van der Waals surface area contributed by atoms with Crippen LogP contribution < -0.4 is 19.4 Å². The lowest BCUT2D eigenvalue weighted by Gasteiger charge is -2.31. The van der Waals surface area contributed by atoms with Gasteiger partial charge in [0.2, 0.25) is 0 Å². The van der Waals surface area contributed by atoms with Crippen LogP contribution in [0.2, 0.25) is 0 Å². The van der Waals surface area contributed by atoms with Crippen LogP contribution in [0.3, 0.4) is 0 Å². The van der Waals surface area contributed by atoms with Gasteiger partial charge in [-0.25, -0.2) is 0 Å². The molecule has 0 spiro atoms. The molecule has 0 bridgehead atoms. The summed E-state index contributed by atoms with van der Waals surface area (Å²) in [7, 11) is 3.65. The van der Waals surface area contributed by atoms with Crippen LogP contribution in [0.15, 0.2) is 46.5 Å². The van der Waals surface area contributed by atoms with Crippen LogP contribution in [0.5, 0.6) is 11.5 Å². The zero-order valence-corrected chi connectivity index (χ0v) is 20.8. The molecule has 1 aliphatic rings. The summed E-state index contributed by atoms with van der Waals surface area (Å²) in [6.07, 6.45) is 11.3. The van der Waals surface area contributed by atoms with Crippen molar-refractivity contribution in [2.45, 2.75) is 39.5 Å². The zero-order chi connectivity index (χ0) is 23.9. The van der Waals surface area contributed by atoms with Gasteiger partial charge in [-0.3, -0.25) is 10.0 Å². The third-order valence-corrected chi connectivity index (χ3v) is 5.28. The van der Waals surface area contributed by atoms with Gasteiger partial charge in [-0.2, -0.15) is 5.10 Å². The molecule has 7 nitrogen and oxygen atoms in total. The summed E-state index contributed by atoms with van der Waals surface area (Å²) in [5.74, 6) is 1.65. The molecule has 2 rings (SSSR count). The highest BCUT2D eigenvalue weighted by atomic mass is 16.5. The number of hydrogen-bond donors (Lipinski definition) is 0. The van der Waals surface area contributed by atoms with Gasteiger partial charge in [-0.05, 0) is 24.5 Å². The zero-order valence-electron chi connectivity index (χ0n) is 20.8. The van der Waals surface area contributed by atoms with E-state index in [-0.39, 0.29) is 0 Å². The Hall–Kier alpha value is -2.80. The number of morpholine rings is 1. The SMILES string of the molecule is C=CC(/C=N/N(C)c1cc(OCCCC)c(N2CCOCC2)cc1OCCCC)=C\C=NC. The maximum Gasteiger partial charge on any atom is 0.146 e. The summed E-state index contributed by atoms with van der Waals surface area (Å²) in [5.41, 5.74) is 2.77. The van der Waals surface area contributed by atoms with Gasteiger partial charge in [0.05, 0.1) is 38.3 Å². The minimum absolute atomic E-state index is 0.657. The topological polar surface area (TPSA) is 58.9 Å². The molecular weight excluding hydrogens is 416 g/mol. The summed E-state index contributed by atoms with van der Waals surface area (Å²) < 4.78 is 18.0. The summed E-state index contributed by atoms with van der Waals surface area (Å²) in [6, 6.07) is 4.14. The third kappa shape index (κ3) is 8.57. The van der Waals surface area contributed by atoms with Gasteiger partial charge in [-0.1, -0.05) is 39.3 Å². The number of ether oxygens (including phenoxy) is 3. The number of rotatable bonds is 14. The molecule has 0 aromatic heterocycles. The molecule has 1 heterocycles. The molecule has 0 N–H and O–H groups in total. The highest BCUT2D eigenvalue weighted by Crippen LogP contribution is 2.41. The Morgan fingerprint density at radius 2 is 1.79 bits per heavy atom. The van der Waals surface area contributed by atoms with Crippen LogP contribution in [0.4, 0.5) is 11.4 Å². The molecule has 33 heavy (non-hydrogen) atoms. The third-order valence-electron chi connectivity index (χ3n) is 5.28. The van der Waals surface area contributed by atoms with Gasteiger partial charge in [0.15, 0.2) is 0 Å². The molecular formula is C26H40N4O3. The second kappa shape index (κ2) is 15.1. The first-order valence-electron chi connectivity index (χ1n) is 11.9. The highest BCUT2D eigenvalue weighted by Gasteiger charge is 2.21. The van der Waals surface area contributed by atoms with Crippen molar-refractivity contribution in [2.75, 3.05) is 63.5 Å². The first-order valence-corrected chi connectivity index (χ1v) is 11.9. The van der Waals surface area contributed by atoms with Crippen molar-refractivity contribution in [1.29, 1.82) is 0 Å². The second-order valence-electron chi connectivity index (χ2n) is 7.84. The van der Waals surface area contributed by atoms with E-state index in [1.54, 1.807) is 25.6 Å². The molecule has 1 aliphatic heterocycles. The lowest BCUT2D eigenvalue weighted by atomic mass is 10.2. The number of nitrogens with zero attached hydrogens (tertiary/aromatic N) is 4. The van der Waals surface area contributed by atoms with Gasteiger partial charge < -0.3 is 19.1 Å². The summed E-state index contributed by atoms with van der Waals surface area (Å²) in [6.45, 7) is 12.6. The highest BCUT2D eigenvalue weighted by molar-refractivity contribution is 5.90. The molecule has 1 saturated heterocycles. The molecule has 0 saturated carbocycles. The number of aliphatic imine (C=N–C) groups is 1. The predicted molar refractivity (Wildman–Crippen MR) is 140 cm³/mol. The Balaban J connectivity index is 2.43. The number of hydrogen-bond acceptors (Lipinski definition) is 7. The molecule has 1 aromatic carbocycles. The molecule has 0 aliphatic carbocycles. The average Bonchev–Trinajstić information content (AvgIpc) is 2.85. The molecule has 0 atom stereocenters. The second-order valence-corrected chi connectivity index (χ2v) is 7.84. The van der Waals surface area contributed by atoms with E-state index in [0.29, 0.717) is 26.4 Å².